The van der Waals surface area contributed by atoms with Crippen molar-refractivity contribution in [1.82, 2.24) is 29.7 Å². The van der Waals surface area contributed by atoms with Crippen molar-refractivity contribution in [2.75, 3.05) is 13.1 Å². The van der Waals surface area contributed by atoms with E-state index in [9.17, 15) is 0 Å². The molecular formula is C20H27N7. The number of nitrogens with two attached hydrogens (primary N) is 1. The summed E-state index contributed by atoms with van der Waals surface area (Å²) in [6.45, 7) is 4.54. The summed E-state index contributed by atoms with van der Waals surface area (Å²) in [5.41, 5.74) is 10.2. The van der Waals surface area contributed by atoms with Crippen LogP contribution in [0.5, 0.6) is 0 Å². The Kier molecular flexibility index (Phi) is 5.31. The minimum Gasteiger partial charge on any atom is -0.325 e. The van der Waals surface area contributed by atoms with Crippen molar-refractivity contribution >= 4 is 0 Å². The first-order valence-electron chi connectivity index (χ1n) is 9.60. The zero-order valence-electron chi connectivity index (χ0n) is 15.8. The van der Waals surface area contributed by atoms with Gasteiger partial charge >= 0.3 is 0 Å². The molecule has 2 N–H and O–H groups in total. The van der Waals surface area contributed by atoms with Gasteiger partial charge in [0.05, 0.1) is 17.6 Å². The van der Waals surface area contributed by atoms with E-state index >= 15 is 0 Å². The van der Waals surface area contributed by atoms with E-state index in [0.29, 0.717) is 12.5 Å². The van der Waals surface area contributed by atoms with E-state index in [-0.39, 0.29) is 0 Å². The maximum Gasteiger partial charge on any atom is 0.0962 e. The number of benzene rings is 1. The molecule has 142 valence electrons. The lowest BCUT2D eigenvalue weighted by atomic mass is 9.96. The van der Waals surface area contributed by atoms with E-state index in [1.54, 1.807) is 0 Å². The summed E-state index contributed by atoms with van der Waals surface area (Å²) >= 11 is 0. The van der Waals surface area contributed by atoms with Gasteiger partial charge in [-0.1, -0.05) is 35.5 Å². The van der Waals surface area contributed by atoms with Crippen LogP contribution in [0.25, 0.3) is 11.3 Å². The average Bonchev–Trinajstić information content (AvgIpc) is 3.30. The maximum absolute atomic E-state index is 5.61. The normalized spacial score (nSPS) is 16.1. The number of nitrogens with zero attached hydrogens (tertiary/aromatic N) is 6. The minimum absolute atomic E-state index is 0.452. The predicted octanol–water partition coefficient (Wildman–Crippen LogP) is 2.05. The van der Waals surface area contributed by atoms with Crippen LogP contribution in [0.4, 0.5) is 0 Å². The van der Waals surface area contributed by atoms with Crippen molar-refractivity contribution in [2.24, 2.45) is 18.7 Å². The third-order valence-electron chi connectivity index (χ3n) is 5.40. The number of aryl methyl sites for hydroxylation is 1. The molecule has 7 heteroatoms. The summed E-state index contributed by atoms with van der Waals surface area (Å²) in [6, 6.07) is 10.5. The smallest absolute Gasteiger partial charge is 0.0962 e. The summed E-state index contributed by atoms with van der Waals surface area (Å²) in [5.74, 6) is 0.649. The second-order valence-corrected chi connectivity index (χ2v) is 7.36. The zero-order chi connectivity index (χ0) is 18.6. The molecule has 7 nitrogen and oxygen atoms in total. The molecule has 3 heterocycles. The molecule has 0 aliphatic carbocycles. The maximum atomic E-state index is 5.61. The Morgan fingerprint density at radius 3 is 2.63 bits per heavy atom. The van der Waals surface area contributed by atoms with E-state index < -0.39 is 0 Å². The lowest BCUT2D eigenvalue weighted by Crippen LogP contribution is -2.34. The number of aromatic nitrogens is 5. The van der Waals surface area contributed by atoms with Crippen LogP contribution in [0.2, 0.25) is 0 Å². The molecule has 0 atom stereocenters. The largest absolute Gasteiger partial charge is 0.325 e. The molecule has 1 saturated heterocycles. The summed E-state index contributed by atoms with van der Waals surface area (Å²) in [5, 5.41) is 12.8. The van der Waals surface area contributed by atoms with Crippen LogP contribution in [0, 0.1) is 5.92 Å². The molecule has 0 bridgehead atoms. The molecule has 0 spiro atoms. The van der Waals surface area contributed by atoms with Gasteiger partial charge in [0.1, 0.15) is 0 Å². The molecule has 1 aliphatic rings. The molecule has 1 aliphatic heterocycles. The van der Waals surface area contributed by atoms with E-state index in [1.165, 1.54) is 29.7 Å². The van der Waals surface area contributed by atoms with Gasteiger partial charge in [0.2, 0.25) is 0 Å². The highest BCUT2D eigenvalue weighted by atomic mass is 15.4. The van der Waals surface area contributed by atoms with Crippen LogP contribution >= 0.6 is 0 Å². The average molecular weight is 365 g/mol. The van der Waals surface area contributed by atoms with E-state index in [2.05, 4.69) is 50.6 Å². The van der Waals surface area contributed by atoms with Crippen LogP contribution in [-0.4, -0.2) is 42.8 Å². The Morgan fingerprint density at radius 2 is 1.93 bits per heavy atom. The number of likely N-dealkylation sites (tertiary alicyclic amines) is 1. The Bertz CT molecular complexity index is 860. The Hall–Kier alpha value is -2.51. The highest BCUT2D eigenvalue weighted by Gasteiger charge is 2.22. The first-order chi connectivity index (χ1) is 13.2. The van der Waals surface area contributed by atoms with Crippen molar-refractivity contribution in [3.05, 3.63) is 54.0 Å². The van der Waals surface area contributed by atoms with Gasteiger partial charge in [-0.3, -0.25) is 14.3 Å². The number of hydrogen-bond donors (Lipinski definition) is 1. The van der Waals surface area contributed by atoms with Gasteiger partial charge in [-0.2, -0.15) is 5.10 Å². The third-order valence-corrected chi connectivity index (χ3v) is 5.40. The van der Waals surface area contributed by atoms with Gasteiger partial charge in [-0.15, -0.1) is 5.10 Å². The lowest BCUT2D eigenvalue weighted by molar-refractivity contribution is 0.164. The molecule has 3 aromatic rings. The first-order valence-corrected chi connectivity index (χ1v) is 9.60. The fourth-order valence-electron chi connectivity index (χ4n) is 3.92. The molecule has 0 amide bonds. The Labute approximate surface area is 159 Å². The van der Waals surface area contributed by atoms with Gasteiger partial charge < -0.3 is 5.73 Å². The minimum atomic E-state index is 0.452. The summed E-state index contributed by atoms with van der Waals surface area (Å²) < 4.78 is 3.92. The summed E-state index contributed by atoms with van der Waals surface area (Å²) in [4.78, 5) is 2.53. The standard InChI is InChI=1S/C20H27N7/c1-25-20(17-5-3-2-4-6-17)18(12-22-25)14-26-9-7-16(8-10-26)13-27-15-19(11-21)23-24-27/h2-6,12,15-16H,7-11,13-14,21H2,1H3. The number of hydrogen-bond acceptors (Lipinski definition) is 5. The van der Waals surface area contributed by atoms with Gasteiger partial charge in [-0.05, 0) is 31.8 Å². The zero-order valence-corrected chi connectivity index (χ0v) is 15.8. The quantitative estimate of drug-likeness (QED) is 0.723. The van der Waals surface area contributed by atoms with Gasteiger partial charge in [0, 0.05) is 44.0 Å². The Balaban J connectivity index is 1.36. The van der Waals surface area contributed by atoms with Crippen molar-refractivity contribution in [3.63, 3.8) is 0 Å². The van der Waals surface area contributed by atoms with Gasteiger partial charge in [0.25, 0.3) is 0 Å². The second-order valence-electron chi connectivity index (χ2n) is 7.36. The molecule has 4 rings (SSSR count). The van der Waals surface area contributed by atoms with Gasteiger partial charge in [-0.25, -0.2) is 0 Å². The van der Waals surface area contributed by atoms with Crippen molar-refractivity contribution < 1.29 is 0 Å². The van der Waals surface area contributed by atoms with E-state index in [0.717, 1.165) is 31.9 Å². The molecule has 1 aromatic carbocycles. The predicted molar refractivity (Wildman–Crippen MR) is 105 cm³/mol. The molecule has 27 heavy (non-hydrogen) atoms. The topological polar surface area (TPSA) is 77.8 Å². The van der Waals surface area contributed by atoms with Crippen LogP contribution in [-0.2, 0) is 26.7 Å². The van der Waals surface area contributed by atoms with Crippen molar-refractivity contribution in [3.8, 4) is 11.3 Å². The molecule has 0 radical (unpaired) electrons. The van der Waals surface area contributed by atoms with Crippen LogP contribution in [0.1, 0.15) is 24.1 Å². The Morgan fingerprint density at radius 1 is 1.15 bits per heavy atom. The summed E-state index contributed by atoms with van der Waals surface area (Å²) in [7, 11) is 2.02. The first kappa shape index (κ1) is 17.9. The van der Waals surface area contributed by atoms with E-state index in [4.69, 9.17) is 5.73 Å². The highest BCUT2D eigenvalue weighted by Crippen LogP contribution is 2.26. The fraction of sp³-hybridized carbons (Fsp3) is 0.450. The summed E-state index contributed by atoms with van der Waals surface area (Å²) in [6.07, 6.45) is 6.34. The van der Waals surface area contributed by atoms with Crippen LogP contribution < -0.4 is 5.73 Å². The molecule has 2 aromatic heterocycles. The van der Waals surface area contributed by atoms with Crippen molar-refractivity contribution in [2.45, 2.75) is 32.5 Å². The third kappa shape index (κ3) is 4.09. The lowest BCUT2D eigenvalue weighted by Gasteiger charge is -2.31. The van der Waals surface area contributed by atoms with E-state index in [1.807, 2.05) is 28.8 Å². The van der Waals surface area contributed by atoms with Crippen LogP contribution in [0.15, 0.2) is 42.7 Å². The molecule has 1 fully saturated rings. The van der Waals surface area contributed by atoms with Crippen LogP contribution in [0.3, 0.4) is 0 Å². The SMILES string of the molecule is Cn1ncc(CN2CCC(Cn3cc(CN)nn3)CC2)c1-c1ccccc1. The fourth-order valence-corrected chi connectivity index (χ4v) is 3.92. The number of rotatable bonds is 6. The molecule has 0 saturated carbocycles. The van der Waals surface area contributed by atoms with Gasteiger partial charge in [0.15, 0.2) is 0 Å². The molecular weight excluding hydrogens is 338 g/mol. The second kappa shape index (κ2) is 8.02. The van der Waals surface area contributed by atoms with Crippen molar-refractivity contribution in [1.29, 1.82) is 0 Å². The molecule has 0 unspecified atom stereocenters. The number of piperidine rings is 1. The monoisotopic (exact) mass is 365 g/mol. The highest BCUT2D eigenvalue weighted by molar-refractivity contribution is 5.63.